The fourth-order valence-corrected chi connectivity index (χ4v) is 2.03. The Hall–Kier alpha value is -2.44. The second-order valence-electron chi connectivity index (χ2n) is 4.71. The number of benzene rings is 2. The van der Waals surface area contributed by atoms with Gasteiger partial charge in [-0.3, -0.25) is 0 Å². The van der Waals surface area contributed by atoms with Gasteiger partial charge < -0.3 is 20.8 Å². The Morgan fingerprint density at radius 3 is 2.09 bits per heavy atom. The summed E-state index contributed by atoms with van der Waals surface area (Å²) in [5.41, 5.74) is 8.65. The summed E-state index contributed by atoms with van der Waals surface area (Å²) < 4.78 is 0. The molecule has 0 radical (unpaired) electrons. The maximum absolute atomic E-state index is 9.05. The second-order valence-corrected chi connectivity index (χ2v) is 4.71. The number of anilines is 2. The fourth-order valence-electron chi connectivity index (χ4n) is 2.03. The molecule has 0 saturated carbocycles. The van der Waals surface area contributed by atoms with E-state index in [4.69, 9.17) is 15.9 Å². The molecule has 0 atom stereocenters. The molecule has 0 unspecified atom stereocenters. The van der Waals surface area contributed by atoms with Gasteiger partial charge in [0.25, 0.3) is 0 Å². The number of hydrogen-bond acceptors (Lipinski definition) is 6. The maximum atomic E-state index is 9.05. The first-order chi connectivity index (χ1) is 10.7. The second kappa shape index (κ2) is 8.11. The zero-order valence-electron chi connectivity index (χ0n) is 12.3. The van der Waals surface area contributed by atoms with E-state index in [0.29, 0.717) is 30.2 Å². The van der Waals surface area contributed by atoms with E-state index in [1.54, 1.807) is 12.1 Å². The molecule has 0 bridgehead atoms. The molecule has 4 N–H and O–H groups in total. The molecular formula is C16H20N4O2. The normalized spacial score (nSPS) is 11.0. The lowest BCUT2D eigenvalue weighted by Crippen LogP contribution is -2.29. The summed E-state index contributed by atoms with van der Waals surface area (Å²) in [6, 6.07) is 14.7. The van der Waals surface area contributed by atoms with Crippen molar-refractivity contribution in [2.75, 3.05) is 36.9 Å². The highest BCUT2D eigenvalue weighted by molar-refractivity contribution is 5.61. The quantitative estimate of drug-likeness (QED) is 0.541. The van der Waals surface area contributed by atoms with E-state index < -0.39 is 0 Å². The Labute approximate surface area is 129 Å². The summed E-state index contributed by atoms with van der Waals surface area (Å²) in [4.78, 5) is 1.90. The summed E-state index contributed by atoms with van der Waals surface area (Å²) in [5.74, 6) is 0. The number of aliphatic hydroxyl groups is 2. The third-order valence-electron chi connectivity index (χ3n) is 3.16. The van der Waals surface area contributed by atoms with E-state index in [0.717, 1.165) is 5.69 Å². The smallest absolute Gasteiger partial charge is 0.109 e. The van der Waals surface area contributed by atoms with Crippen LogP contribution >= 0.6 is 0 Å². The first-order valence-electron chi connectivity index (χ1n) is 7.07. The van der Waals surface area contributed by atoms with Crippen LogP contribution in [0.15, 0.2) is 58.8 Å². The summed E-state index contributed by atoms with van der Waals surface area (Å²) >= 11 is 0. The van der Waals surface area contributed by atoms with E-state index in [1.165, 1.54) is 0 Å². The first-order valence-corrected chi connectivity index (χ1v) is 7.07. The van der Waals surface area contributed by atoms with Crippen LogP contribution in [0.2, 0.25) is 0 Å². The molecule has 0 aromatic heterocycles. The highest BCUT2D eigenvalue weighted by Crippen LogP contribution is 2.25. The molecule has 116 valence electrons. The Bertz CT molecular complexity index is 608. The van der Waals surface area contributed by atoms with Crippen molar-refractivity contribution in [2.45, 2.75) is 0 Å². The topological polar surface area (TPSA) is 94.4 Å². The molecule has 0 aliphatic rings. The van der Waals surface area contributed by atoms with Gasteiger partial charge in [0, 0.05) is 18.8 Å². The molecule has 0 saturated heterocycles. The van der Waals surface area contributed by atoms with Gasteiger partial charge in [-0.25, -0.2) is 0 Å². The van der Waals surface area contributed by atoms with Crippen molar-refractivity contribution >= 4 is 22.7 Å². The van der Waals surface area contributed by atoms with Gasteiger partial charge in [0.1, 0.15) is 5.69 Å². The van der Waals surface area contributed by atoms with E-state index in [1.807, 2.05) is 41.3 Å². The van der Waals surface area contributed by atoms with E-state index in [9.17, 15) is 0 Å². The van der Waals surface area contributed by atoms with Crippen LogP contribution in [0.3, 0.4) is 0 Å². The van der Waals surface area contributed by atoms with Gasteiger partial charge in [0.2, 0.25) is 0 Å². The molecule has 6 nitrogen and oxygen atoms in total. The van der Waals surface area contributed by atoms with Gasteiger partial charge in [0.05, 0.1) is 24.6 Å². The van der Waals surface area contributed by atoms with Crippen molar-refractivity contribution in [3.63, 3.8) is 0 Å². The van der Waals surface area contributed by atoms with Crippen molar-refractivity contribution in [3.8, 4) is 0 Å². The molecular weight excluding hydrogens is 280 g/mol. The number of hydrogen-bond donors (Lipinski definition) is 3. The van der Waals surface area contributed by atoms with Gasteiger partial charge in [-0.2, -0.15) is 5.11 Å². The molecule has 0 fully saturated rings. The maximum Gasteiger partial charge on any atom is 0.109 e. The lowest BCUT2D eigenvalue weighted by Gasteiger charge is -2.22. The van der Waals surface area contributed by atoms with Gasteiger partial charge >= 0.3 is 0 Å². The third-order valence-corrected chi connectivity index (χ3v) is 3.16. The predicted molar refractivity (Wildman–Crippen MR) is 87.9 cm³/mol. The number of nitrogens with zero attached hydrogens (tertiary/aromatic N) is 3. The van der Waals surface area contributed by atoms with Crippen LogP contribution in [0, 0.1) is 0 Å². The molecule has 2 rings (SSSR count). The van der Waals surface area contributed by atoms with Gasteiger partial charge in [-0.1, -0.05) is 12.1 Å². The lowest BCUT2D eigenvalue weighted by atomic mass is 10.2. The zero-order valence-corrected chi connectivity index (χ0v) is 12.3. The largest absolute Gasteiger partial charge is 0.397 e. The van der Waals surface area contributed by atoms with Crippen LogP contribution < -0.4 is 10.6 Å². The Balaban J connectivity index is 2.10. The van der Waals surface area contributed by atoms with Crippen molar-refractivity contribution in [1.29, 1.82) is 0 Å². The van der Waals surface area contributed by atoms with Crippen LogP contribution in [0.4, 0.5) is 22.7 Å². The Morgan fingerprint density at radius 2 is 1.50 bits per heavy atom. The van der Waals surface area contributed by atoms with Gasteiger partial charge in [0.15, 0.2) is 0 Å². The molecule has 2 aromatic rings. The van der Waals surface area contributed by atoms with Crippen LogP contribution in [0.5, 0.6) is 0 Å². The van der Waals surface area contributed by atoms with Gasteiger partial charge in [-0.05, 0) is 36.4 Å². The standard InChI is InChI=1S/C16H20N4O2/c17-15-3-1-2-4-16(15)19-18-13-5-7-14(8-6-13)20(9-11-21)10-12-22/h1-8,21-22H,9-12,17H2. The molecule has 0 aliphatic heterocycles. The minimum atomic E-state index is 0.0365. The predicted octanol–water partition coefficient (Wildman–Crippen LogP) is 2.48. The average molecular weight is 300 g/mol. The lowest BCUT2D eigenvalue weighted by molar-refractivity contribution is 0.281. The molecule has 0 heterocycles. The zero-order chi connectivity index (χ0) is 15.8. The van der Waals surface area contributed by atoms with Crippen molar-refractivity contribution in [1.82, 2.24) is 0 Å². The number of nitrogens with two attached hydrogens (primary N) is 1. The van der Waals surface area contributed by atoms with Gasteiger partial charge in [-0.15, -0.1) is 5.11 Å². The van der Waals surface area contributed by atoms with E-state index >= 15 is 0 Å². The molecule has 6 heteroatoms. The van der Waals surface area contributed by atoms with E-state index in [-0.39, 0.29) is 13.2 Å². The number of azo groups is 1. The monoisotopic (exact) mass is 300 g/mol. The fraction of sp³-hybridized carbons (Fsp3) is 0.250. The van der Waals surface area contributed by atoms with Crippen molar-refractivity contribution in [2.24, 2.45) is 10.2 Å². The summed E-state index contributed by atoms with van der Waals surface area (Å²) in [6.45, 7) is 1.02. The van der Waals surface area contributed by atoms with Crippen LogP contribution in [0.25, 0.3) is 0 Å². The Morgan fingerprint density at radius 1 is 0.864 bits per heavy atom. The van der Waals surface area contributed by atoms with Crippen LogP contribution in [-0.4, -0.2) is 36.5 Å². The Kier molecular flexibility index (Phi) is 5.88. The molecule has 2 aromatic carbocycles. The van der Waals surface area contributed by atoms with Crippen molar-refractivity contribution < 1.29 is 10.2 Å². The minimum Gasteiger partial charge on any atom is -0.397 e. The summed E-state index contributed by atoms with van der Waals surface area (Å²) in [6.07, 6.45) is 0. The number of aliphatic hydroxyl groups excluding tert-OH is 2. The summed E-state index contributed by atoms with van der Waals surface area (Å²) in [5, 5.41) is 26.4. The molecule has 0 spiro atoms. The average Bonchev–Trinajstić information content (AvgIpc) is 2.54. The molecule has 0 aliphatic carbocycles. The van der Waals surface area contributed by atoms with Crippen molar-refractivity contribution in [3.05, 3.63) is 48.5 Å². The number of rotatable bonds is 7. The molecule has 0 amide bonds. The van der Waals surface area contributed by atoms with E-state index in [2.05, 4.69) is 10.2 Å². The van der Waals surface area contributed by atoms with Crippen LogP contribution in [-0.2, 0) is 0 Å². The third kappa shape index (κ3) is 4.28. The SMILES string of the molecule is Nc1ccccc1N=Nc1ccc(N(CCO)CCO)cc1. The van der Waals surface area contributed by atoms with Crippen LogP contribution in [0.1, 0.15) is 0 Å². The highest BCUT2D eigenvalue weighted by Gasteiger charge is 2.05. The number of nitrogen functional groups attached to an aromatic ring is 1. The highest BCUT2D eigenvalue weighted by atomic mass is 16.3. The minimum absolute atomic E-state index is 0.0365. The molecule has 22 heavy (non-hydrogen) atoms. The first kappa shape index (κ1) is 15.9. The number of para-hydroxylation sites is 1. The summed E-state index contributed by atoms with van der Waals surface area (Å²) in [7, 11) is 0.